The van der Waals surface area contributed by atoms with Gasteiger partial charge in [-0.1, -0.05) is 37.0 Å². The van der Waals surface area contributed by atoms with E-state index in [-0.39, 0.29) is 40.7 Å². The summed E-state index contributed by atoms with van der Waals surface area (Å²) in [6, 6.07) is 0. The van der Waals surface area contributed by atoms with Crippen LogP contribution in [0.4, 0.5) is 0 Å². The Bertz CT molecular complexity index is 1950. The van der Waals surface area contributed by atoms with E-state index in [0.717, 1.165) is 26.5 Å². The van der Waals surface area contributed by atoms with Gasteiger partial charge in [-0.05, 0) is 73.3 Å². The summed E-state index contributed by atoms with van der Waals surface area (Å²) in [4.78, 5) is 92.8. The molecule has 1 N–H and O–H groups in total. The third kappa shape index (κ3) is 9.28. The van der Waals surface area contributed by atoms with E-state index < -0.39 is 108 Å². The molecule has 0 bridgehead atoms. The van der Waals surface area contributed by atoms with Gasteiger partial charge >= 0.3 is 41.8 Å². The lowest BCUT2D eigenvalue weighted by Gasteiger charge is -2.36. The molecule has 0 aromatic heterocycles. The van der Waals surface area contributed by atoms with E-state index in [1.54, 1.807) is 39.0 Å². The number of carbonyl (C=O) groups excluding carboxylic acids is 7. The molecular weight excluding hydrogens is 772 g/mol. The average Bonchev–Trinajstić information content (AvgIpc) is 3.64. The molecule has 0 amide bonds. The van der Waals surface area contributed by atoms with Crippen molar-refractivity contribution >= 4 is 41.8 Å². The molecule has 0 aromatic carbocycles. The zero-order valence-electron chi connectivity index (χ0n) is 34.5. The highest BCUT2D eigenvalue weighted by Gasteiger charge is 2.65. The minimum atomic E-state index is -2.62. The first-order chi connectivity index (χ1) is 27.6. The summed E-state index contributed by atoms with van der Waals surface area (Å²) in [7, 11) is 1.11. The molecule has 0 aromatic rings. The fourth-order valence-corrected chi connectivity index (χ4v) is 7.71. The van der Waals surface area contributed by atoms with Gasteiger partial charge in [0.1, 0.15) is 30.5 Å². The summed E-state index contributed by atoms with van der Waals surface area (Å²) in [5.41, 5.74) is -2.62. The first-order valence-electron chi connectivity index (χ1n) is 19.4. The number of hydrogen-bond acceptors (Lipinski definition) is 16. The number of methoxy groups -OCH3 is 1. The van der Waals surface area contributed by atoms with E-state index in [9.17, 15) is 38.7 Å². The second-order valence-corrected chi connectivity index (χ2v) is 15.9. The molecule has 3 heterocycles. The smallest absolute Gasteiger partial charge is 0.342 e. The van der Waals surface area contributed by atoms with Gasteiger partial charge < -0.3 is 43.0 Å². The number of esters is 7. The van der Waals surface area contributed by atoms with Crippen molar-refractivity contribution < 1.29 is 76.6 Å². The van der Waals surface area contributed by atoms with Crippen molar-refractivity contribution in [3.8, 4) is 0 Å². The molecule has 0 unspecified atom stereocenters. The van der Waals surface area contributed by atoms with Crippen molar-refractivity contribution in [2.75, 3.05) is 7.11 Å². The molecule has 16 nitrogen and oxygen atoms in total. The predicted molar refractivity (Wildman–Crippen MR) is 204 cm³/mol. The lowest BCUT2D eigenvalue weighted by Crippen LogP contribution is -2.54. The number of hydrogen-bond donors (Lipinski definition) is 1. The zero-order chi connectivity index (χ0) is 43.7. The highest BCUT2D eigenvalue weighted by molar-refractivity contribution is 5.94. The fraction of sp³-hybridized carbons (Fsp3) is 0.558. The first kappa shape index (κ1) is 44.7. The highest BCUT2D eigenvalue weighted by Crippen LogP contribution is 2.51. The van der Waals surface area contributed by atoms with Crippen LogP contribution in [0.2, 0.25) is 0 Å². The summed E-state index contributed by atoms with van der Waals surface area (Å²) < 4.78 is 45.4. The number of allylic oxidation sites excluding steroid dienone is 4. The third-order valence-corrected chi connectivity index (χ3v) is 11.6. The largest absolute Gasteiger partial charge is 0.466 e. The molecule has 3 fully saturated rings. The molecule has 320 valence electrons. The average molecular weight is 825 g/mol. The summed E-state index contributed by atoms with van der Waals surface area (Å²) in [5, 5.41) is 11.8. The van der Waals surface area contributed by atoms with Crippen LogP contribution in [0.15, 0.2) is 70.9 Å². The standard InChI is InChI=1S/C43H52O16/c1-11-21(3)36(45)55-29-19-26(15-12-14-20(2)18-28-30(29)22(4)37(46)56-28)39(48)53-24(6)43(9,51)41(50)58-33-31-23(5)38(47)57-34(31)35-42(8,59-35)17-13-16-27(40(49)52-10)32(33)54-25(7)44/h11,15-16,18,24,28-35,51H,4-5,12-14,17,19H2,1-3,6-10H3/b20-18-,21-11-,26-15+,27-16+/t24-,28+,29+,30-,31+,32-,33-,34-,35+,42+,43+/m0/s1. The third-order valence-electron chi connectivity index (χ3n) is 11.6. The van der Waals surface area contributed by atoms with Crippen LogP contribution in [0, 0.1) is 11.8 Å². The van der Waals surface area contributed by atoms with Crippen molar-refractivity contribution in [2.45, 2.75) is 135 Å². The molecule has 16 heteroatoms. The van der Waals surface area contributed by atoms with Crippen LogP contribution >= 0.6 is 0 Å². The fourth-order valence-electron chi connectivity index (χ4n) is 7.71. The van der Waals surface area contributed by atoms with Gasteiger partial charge in [0.15, 0.2) is 17.8 Å². The van der Waals surface area contributed by atoms with Gasteiger partial charge in [0.25, 0.3) is 0 Å². The van der Waals surface area contributed by atoms with E-state index in [4.69, 9.17) is 37.9 Å². The minimum absolute atomic E-state index is 0.0147. The van der Waals surface area contributed by atoms with Gasteiger partial charge in [-0.15, -0.1) is 0 Å². The van der Waals surface area contributed by atoms with Crippen molar-refractivity contribution in [3.05, 3.63) is 70.9 Å². The summed E-state index contributed by atoms with van der Waals surface area (Å²) in [6.07, 6.45) is -1.24. The predicted octanol–water partition coefficient (Wildman–Crippen LogP) is 3.69. The van der Waals surface area contributed by atoms with Crippen molar-refractivity contribution in [2.24, 2.45) is 11.8 Å². The number of epoxide rings is 1. The van der Waals surface area contributed by atoms with Crippen LogP contribution in [-0.2, 0) is 71.5 Å². The van der Waals surface area contributed by atoms with Crippen LogP contribution in [0.25, 0.3) is 0 Å². The molecule has 11 atom stereocenters. The minimum Gasteiger partial charge on any atom is -0.466 e. The molecule has 5 rings (SSSR count). The van der Waals surface area contributed by atoms with E-state index in [1.165, 1.54) is 13.0 Å². The van der Waals surface area contributed by atoms with Gasteiger partial charge in [-0.25, -0.2) is 28.8 Å². The molecular formula is C43H52O16. The molecule has 3 aliphatic heterocycles. The quantitative estimate of drug-likeness (QED) is 0.115. The van der Waals surface area contributed by atoms with Crippen LogP contribution in [-0.4, -0.2) is 108 Å². The van der Waals surface area contributed by atoms with Crippen molar-refractivity contribution in [1.82, 2.24) is 0 Å². The van der Waals surface area contributed by atoms with Crippen molar-refractivity contribution in [3.63, 3.8) is 0 Å². The maximum absolute atomic E-state index is 14.2. The lowest BCUT2D eigenvalue weighted by atomic mass is 9.80. The van der Waals surface area contributed by atoms with Crippen LogP contribution < -0.4 is 0 Å². The van der Waals surface area contributed by atoms with Gasteiger partial charge in [0, 0.05) is 35.6 Å². The zero-order valence-corrected chi connectivity index (χ0v) is 34.5. The number of rotatable bonds is 9. The van der Waals surface area contributed by atoms with Gasteiger partial charge in [0.2, 0.25) is 0 Å². The Labute approximate surface area is 342 Å². The van der Waals surface area contributed by atoms with Crippen LogP contribution in [0.5, 0.6) is 0 Å². The Morgan fingerprint density at radius 2 is 1.64 bits per heavy atom. The Balaban J connectivity index is 1.46. The molecule has 0 saturated carbocycles. The van der Waals surface area contributed by atoms with Crippen LogP contribution in [0.1, 0.15) is 80.6 Å². The van der Waals surface area contributed by atoms with Gasteiger partial charge in [-0.2, -0.15) is 0 Å². The number of carbonyl (C=O) groups is 7. The van der Waals surface area contributed by atoms with E-state index >= 15 is 0 Å². The number of ether oxygens (including phenoxy) is 8. The summed E-state index contributed by atoms with van der Waals surface area (Å²) in [6.45, 7) is 17.9. The highest BCUT2D eigenvalue weighted by atomic mass is 16.7. The molecule has 5 aliphatic rings. The maximum atomic E-state index is 14.2. The Kier molecular flexibility index (Phi) is 13.3. The monoisotopic (exact) mass is 824 g/mol. The molecule has 0 spiro atoms. The second-order valence-electron chi connectivity index (χ2n) is 15.9. The lowest BCUT2D eigenvalue weighted by molar-refractivity contribution is -0.196. The van der Waals surface area contributed by atoms with E-state index in [1.807, 2.05) is 6.92 Å². The van der Waals surface area contributed by atoms with Crippen LogP contribution in [0.3, 0.4) is 0 Å². The topological polar surface area (TPSA) is 217 Å². The SMILES string of the molecule is C=C1C(=O)O[C@H]2[C@H]1[C@H](OC(=O)[C@](C)(O)[C@H](C)OC(=O)/C1=C/CC/C(C)=C\[C@H]3OC(=O)C(=C)[C@@H]3[C@H](OC(=O)/C(C)=C\C)C1)[C@@H](OC(C)=O)/C(C(=O)OC)=C\CC[C@@]1(C)O[C@H]21. The summed E-state index contributed by atoms with van der Waals surface area (Å²) in [5.74, 6) is -8.48. The van der Waals surface area contributed by atoms with Crippen molar-refractivity contribution in [1.29, 1.82) is 0 Å². The Morgan fingerprint density at radius 3 is 2.29 bits per heavy atom. The Morgan fingerprint density at radius 1 is 0.983 bits per heavy atom. The molecule has 0 radical (unpaired) electrons. The summed E-state index contributed by atoms with van der Waals surface area (Å²) >= 11 is 0. The molecule has 59 heavy (non-hydrogen) atoms. The van der Waals surface area contributed by atoms with E-state index in [0.29, 0.717) is 19.3 Å². The molecule has 2 aliphatic carbocycles. The second kappa shape index (κ2) is 17.5. The normalized spacial score (nSPS) is 35.0. The number of fused-ring (bicyclic) bond motifs is 4. The van der Waals surface area contributed by atoms with Gasteiger partial charge in [-0.3, -0.25) is 4.79 Å². The maximum Gasteiger partial charge on any atom is 0.342 e. The van der Waals surface area contributed by atoms with E-state index in [2.05, 4.69) is 13.2 Å². The number of aliphatic hydroxyl groups is 1. The molecule has 3 saturated heterocycles. The van der Waals surface area contributed by atoms with Gasteiger partial charge in [0.05, 0.1) is 30.1 Å². The Hall–Kier alpha value is -5.35. The first-order valence-corrected chi connectivity index (χ1v) is 19.4.